The van der Waals surface area contributed by atoms with E-state index in [9.17, 15) is 0 Å². The monoisotopic (exact) mass is 254 g/mol. The van der Waals surface area contributed by atoms with Crippen molar-refractivity contribution >= 4 is 0 Å². The Bertz CT molecular complexity index is 247. The van der Waals surface area contributed by atoms with Crippen LogP contribution in [0.15, 0.2) is 0 Å². The summed E-state index contributed by atoms with van der Waals surface area (Å²) in [5, 5.41) is 0. The van der Waals surface area contributed by atoms with Crippen LogP contribution in [0.5, 0.6) is 0 Å². The molecule has 0 aromatic heterocycles. The van der Waals surface area contributed by atoms with Crippen LogP contribution in [0.2, 0.25) is 0 Å². The highest BCUT2D eigenvalue weighted by atomic mass is 15.2. The molecule has 1 fully saturated rings. The van der Waals surface area contributed by atoms with E-state index in [2.05, 4.69) is 39.5 Å². The van der Waals surface area contributed by atoms with Crippen LogP contribution in [0.25, 0.3) is 0 Å². The van der Waals surface area contributed by atoms with E-state index in [1.54, 1.807) is 0 Å². The summed E-state index contributed by atoms with van der Waals surface area (Å²) in [5.41, 5.74) is 6.99. The van der Waals surface area contributed by atoms with Gasteiger partial charge in [0.15, 0.2) is 0 Å². The quantitative estimate of drug-likeness (QED) is 0.756. The molecule has 1 aliphatic rings. The third-order valence-electron chi connectivity index (χ3n) is 4.84. The van der Waals surface area contributed by atoms with Crippen LogP contribution in [0, 0.1) is 5.41 Å². The van der Waals surface area contributed by atoms with Gasteiger partial charge in [0.25, 0.3) is 0 Å². The summed E-state index contributed by atoms with van der Waals surface area (Å²) < 4.78 is 0. The zero-order valence-corrected chi connectivity index (χ0v) is 13.3. The van der Waals surface area contributed by atoms with E-state index in [1.807, 2.05) is 0 Å². The first kappa shape index (κ1) is 16.0. The smallest absolute Gasteiger partial charge is 0.0334 e. The van der Waals surface area contributed by atoms with Crippen molar-refractivity contribution in [1.29, 1.82) is 0 Å². The topological polar surface area (TPSA) is 29.3 Å². The Labute approximate surface area is 114 Å². The maximum absolute atomic E-state index is 6.22. The van der Waals surface area contributed by atoms with Gasteiger partial charge in [-0.1, -0.05) is 27.2 Å². The molecule has 1 atom stereocenters. The fraction of sp³-hybridized carbons (Fsp3) is 1.00. The Hall–Kier alpha value is -0.0800. The van der Waals surface area contributed by atoms with E-state index in [0.717, 1.165) is 6.54 Å². The number of rotatable bonds is 5. The lowest BCUT2D eigenvalue weighted by Gasteiger charge is -2.46. The number of nitrogens with two attached hydrogens (primary N) is 1. The molecule has 0 aromatic rings. The predicted molar refractivity (Wildman–Crippen MR) is 80.8 cm³/mol. The normalized spacial score (nSPS) is 28.7. The maximum Gasteiger partial charge on any atom is 0.0334 e. The molecule has 0 spiro atoms. The van der Waals surface area contributed by atoms with E-state index in [1.165, 1.54) is 45.1 Å². The maximum atomic E-state index is 6.22. The minimum atomic E-state index is 0.262. The molecule has 108 valence electrons. The van der Waals surface area contributed by atoms with E-state index >= 15 is 0 Å². The lowest BCUT2D eigenvalue weighted by molar-refractivity contribution is 0.0455. The molecular weight excluding hydrogens is 220 g/mol. The van der Waals surface area contributed by atoms with Crippen molar-refractivity contribution in [3.63, 3.8) is 0 Å². The van der Waals surface area contributed by atoms with Crippen molar-refractivity contribution in [2.45, 2.75) is 84.7 Å². The molecule has 1 rings (SSSR count). The van der Waals surface area contributed by atoms with Gasteiger partial charge in [-0.15, -0.1) is 0 Å². The fourth-order valence-electron chi connectivity index (χ4n) is 3.61. The standard InChI is InChI=1S/C16H34N2/c1-6-12-18(14(2)3)16(13-17)9-7-8-15(4,5)10-11-16/h14H,6-13,17H2,1-5H3. The highest BCUT2D eigenvalue weighted by Crippen LogP contribution is 2.41. The van der Waals surface area contributed by atoms with Gasteiger partial charge in [-0.2, -0.15) is 0 Å². The summed E-state index contributed by atoms with van der Waals surface area (Å²) >= 11 is 0. The van der Waals surface area contributed by atoms with Crippen LogP contribution in [0.4, 0.5) is 0 Å². The first-order chi connectivity index (χ1) is 8.37. The number of hydrogen-bond donors (Lipinski definition) is 1. The van der Waals surface area contributed by atoms with Crippen molar-refractivity contribution in [3.05, 3.63) is 0 Å². The molecule has 2 N–H and O–H groups in total. The van der Waals surface area contributed by atoms with Crippen LogP contribution in [-0.2, 0) is 0 Å². The van der Waals surface area contributed by atoms with Crippen molar-refractivity contribution in [3.8, 4) is 0 Å². The van der Waals surface area contributed by atoms with Crippen LogP contribution in [0.1, 0.15) is 73.1 Å². The molecule has 18 heavy (non-hydrogen) atoms. The lowest BCUT2D eigenvalue weighted by atomic mass is 9.82. The van der Waals surface area contributed by atoms with E-state index in [0.29, 0.717) is 11.5 Å². The molecule has 0 aliphatic heterocycles. The molecule has 2 nitrogen and oxygen atoms in total. The van der Waals surface area contributed by atoms with Crippen molar-refractivity contribution in [2.75, 3.05) is 13.1 Å². The van der Waals surface area contributed by atoms with Crippen LogP contribution < -0.4 is 5.73 Å². The summed E-state index contributed by atoms with van der Waals surface area (Å²) in [6.07, 6.45) is 7.78. The van der Waals surface area contributed by atoms with E-state index in [4.69, 9.17) is 5.73 Å². The van der Waals surface area contributed by atoms with Gasteiger partial charge in [-0.3, -0.25) is 4.90 Å². The van der Waals surface area contributed by atoms with Gasteiger partial charge in [0, 0.05) is 18.1 Å². The molecule has 0 saturated heterocycles. The molecule has 0 heterocycles. The molecular formula is C16H34N2. The second kappa shape index (κ2) is 6.38. The fourth-order valence-corrected chi connectivity index (χ4v) is 3.61. The Morgan fingerprint density at radius 1 is 1.11 bits per heavy atom. The second-order valence-electron chi connectivity index (χ2n) is 7.23. The van der Waals surface area contributed by atoms with Gasteiger partial charge in [0.2, 0.25) is 0 Å². The summed E-state index contributed by atoms with van der Waals surface area (Å²) in [5.74, 6) is 0. The third-order valence-corrected chi connectivity index (χ3v) is 4.84. The first-order valence-corrected chi connectivity index (χ1v) is 7.84. The summed E-state index contributed by atoms with van der Waals surface area (Å²) in [4.78, 5) is 2.69. The van der Waals surface area contributed by atoms with E-state index < -0.39 is 0 Å². The molecule has 0 aromatic carbocycles. The number of hydrogen-bond acceptors (Lipinski definition) is 2. The molecule has 1 saturated carbocycles. The van der Waals surface area contributed by atoms with Crippen LogP contribution in [0.3, 0.4) is 0 Å². The van der Waals surface area contributed by atoms with Gasteiger partial charge in [-0.05, 0) is 57.9 Å². The Morgan fingerprint density at radius 3 is 2.28 bits per heavy atom. The minimum Gasteiger partial charge on any atom is -0.329 e. The zero-order chi connectivity index (χ0) is 13.8. The summed E-state index contributed by atoms with van der Waals surface area (Å²) in [6.45, 7) is 13.8. The summed E-state index contributed by atoms with van der Waals surface area (Å²) in [7, 11) is 0. The average Bonchev–Trinajstić information content (AvgIpc) is 2.45. The Balaban J connectivity index is 2.88. The third kappa shape index (κ3) is 3.71. The van der Waals surface area contributed by atoms with Gasteiger partial charge in [0.05, 0.1) is 0 Å². The Morgan fingerprint density at radius 2 is 1.78 bits per heavy atom. The summed E-state index contributed by atoms with van der Waals surface area (Å²) in [6, 6.07) is 0.606. The van der Waals surface area contributed by atoms with Gasteiger partial charge in [-0.25, -0.2) is 0 Å². The molecule has 0 bridgehead atoms. The average molecular weight is 254 g/mol. The molecule has 1 aliphatic carbocycles. The SMILES string of the molecule is CCCN(C(C)C)C1(CN)CCCC(C)(C)CC1. The van der Waals surface area contributed by atoms with Gasteiger partial charge in [0.1, 0.15) is 0 Å². The van der Waals surface area contributed by atoms with E-state index in [-0.39, 0.29) is 5.54 Å². The lowest BCUT2D eigenvalue weighted by Crippen LogP contribution is -2.56. The molecule has 1 unspecified atom stereocenters. The zero-order valence-electron chi connectivity index (χ0n) is 13.3. The highest BCUT2D eigenvalue weighted by Gasteiger charge is 2.39. The van der Waals surface area contributed by atoms with Crippen molar-refractivity contribution < 1.29 is 0 Å². The molecule has 0 amide bonds. The number of nitrogens with zero attached hydrogens (tertiary/aromatic N) is 1. The Kier molecular flexibility index (Phi) is 5.67. The minimum absolute atomic E-state index is 0.262. The van der Waals surface area contributed by atoms with Crippen molar-refractivity contribution in [2.24, 2.45) is 11.1 Å². The highest BCUT2D eigenvalue weighted by molar-refractivity contribution is 4.96. The van der Waals surface area contributed by atoms with Gasteiger partial charge < -0.3 is 5.73 Å². The van der Waals surface area contributed by atoms with Crippen molar-refractivity contribution in [1.82, 2.24) is 4.90 Å². The predicted octanol–water partition coefficient (Wildman–Crippen LogP) is 3.79. The van der Waals surface area contributed by atoms with Crippen LogP contribution >= 0.6 is 0 Å². The molecule has 2 heteroatoms. The van der Waals surface area contributed by atoms with Crippen LogP contribution in [-0.4, -0.2) is 29.6 Å². The molecule has 0 radical (unpaired) electrons. The van der Waals surface area contributed by atoms with Gasteiger partial charge >= 0.3 is 0 Å². The first-order valence-electron chi connectivity index (χ1n) is 7.84. The largest absolute Gasteiger partial charge is 0.329 e. The second-order valence-corrected chi connectivity index (χ2v) is 7.23.